The molecule has 0 unspecified atom stereocenters. The standard InChI is InChI=1S/C22H26N6O3/c1-14(23)13-30-21-3-2-20-25-11-17(28(20)26-21)19-10-16-18(31-19)4-7-24-22(16)27-8-5-15(12-29)6-9-27/h2-4,7,10-11,14-15,29H,5-6,8-9,12-13,23H2,1H3/t14-/m0/s1. The minimum atomic E-state index is -0.0801. The molecular formula is C22H26N6O3. The van der Waals surface area contributed by atoms with Crippen LogP contribution in [0.3, 0.4) is 0 Å². The van der Waals surface area contributed by atoms with Gasteiger partial charge in [-0.25, -0.2) is 14.5 Å². The highest BCUT2D eigenvalue weighted by Gasteiger charge is 2.23. The fourth-order valence-corrected chi connectivity index (χ4v) is 3.97. The van der Waals surface area contributed by atoms with Gasteiger partial charge in [0.1, 0.15) is 23.7 Å². The second-order valence-electron chi connectivity index (χ2n) is 8.14. The molecule has 162 valence electrons. The van der Waals surface area contributed by atoms with Crippen LogP contribution >= 0.6 is 0 Å². The van der Waals surface area contributed by atoms with E-state index in [9.17, 15) is 5.11 Å². The second-order valence-corrected chi connectivity index (χ2v) is 8.14. The van der Waals surface area contributed by atoms with E-state index in [2.05, 4.69) is 20.0 Å². The molecule has 4 aromatic rings. The molecule has 3 N–H and O–H groups in total. The zero-order valence-electron chi connectivity index (χ0n) is 17.4. The van der Waals surface area contributed by atoms with E-state index in [1.807, 2.05) is 25.1 Å². The summed E-state index contributed by atoms with van der Waals surface area (Å²) in [6.07, 6.45) is 5.44. The van der Waals surface area contributed by atoms with E-state index < -0.39 is 0 Å². The van der Waals surface area contributed by atoms with Crippen molar-refractivity contribution in [2.24, 2.45) is 11.7 Å². The molecule has 0 amide bonds. The van der Waals surface area contributed by atoms with Crippen molar-refractivity contribution < 1.29 is 14.3 Å². The van der Waals surface area contributed by atoms with Crippen LogP contribution in [0, 0.1) is 5.92 Å². The van der Waals surface area contributed by atoms with E-state index in [4.69, 9.17) is 14.9 Å². The zero-order chi connectivity index (χ0) is 21.4. The summed E-state index contributed by atoms with van der Waals surface area (Å²) in [7, 11) is 0. The molecule has 0 radical (unpaired) electrons. The quantitative estimate of drug-likeness (QED) is 0.487. The van der Waals surface area contributed by atoms with Gasteiger partial charge in [0.2, 0.25) is 5.88 Å². The number of anilines is 1. The van der Waals surface area contributed by atoms with Crippen LogP contribution in [0.25, 0.3) is 28.1 Å². The zero-order valence-corrected chi connectivity index (χ0v) is 17.4. The number of nitrogens with two attached hydrogens (primary N) is 1. The third-order valence-corrected chi connectivity index (χ3v) is 5.68. The number of fused-ring (bicyclic) bond motifs is 2. The Morgan fingerprint density at radius 2 is 2.10 bits per heavy atom. The maximum Gasteiger partial charge on any atom is 0.231 e. The van der Waals surface area contributed by atoms with Crippen LogP contribution in [0.2, 0.25) is 0 Å². The normalized spacial score (nSPS) is 16.3. The Hall–Kier alpha value is -3.17. The van der Waals surface area contributed by atoms with Gasteiger partial charge >= 0.3 is 0 Å². The number of pyridine rings is 1. The molecule has 1 aliphatic rings. The summed E-state index contributed by atoms with van der Waals surface area (Å²) >= 11 is 0. The van der Waals surface area contributed by atoms with Gasteiger partial charge < -0.3 is 24.9 Å². The highest BCUT2D eigenvalue weighted by Crippen LogP contribution is 2.34. The number of piperidine rings is 1. The maximum atomic E-state index is 9.42. The van der Waals surface area contributed by atoms with E-state index in [1.54, 1.807) is 23.0 Å². The fraction of sp³-hybridized carbons (Fsp3) is 0.409. The SMILES string of the molecule is C[C@H](N)COc1ccc2ncc(-c3cc4c(N5CCC(CO)CC5)nccc4o3)n2n1. The van der Waals surface area contributed by atoms with Gasteiger partial charge in [0.05, 0.1) is 11.6 Å². The van der Waals surface area contributed by atoms with Gasteiger partial charge in [-0.05, 0) is 43.9 Å². The van der Waals surface area contributed by atoms with Crippen molar-refractivity contribution in [2.75, 3.05) is 31.2 Å². The van der Waals surface area contributed by atoms with Gasteiger partial charge in [0.15, 0.2) is 11.4 Å². The summed E-state index contributed by atoms with van der Waals surface area (Å²) in [6, 6.07) is 7.43. The summed E-state index contributed by atoms with van der Waals surface area (Å²) in [6.45, 7) is 4.26. The Morgan fingerprint density at radius 3 is 2.87 bits per heavy atom. The molecule has 0 saturated carbocycles. The third kappa shape index (κ3) is 3.82. The smallest absolute Gasteiger partial charge is 0.231 e. The van der Waals surface area contributed by atoms with Crippen LogP contribution in [0.15, 0.2) is 41.1 Å². The lowest BCUT2D eigenvalue weighted by Crippen LogP contribution is -2.35. The second kappa shape index (κ2) is 8.16. The number of nitrogens with zero attached hydrogens (tertiary/aromatic N) is 5. The van der Waals surface area contributed by atoms with Crippen LogP contribution < -0.4 is 15.4 Å². The molecule has 1 fully saturated rings. The Kier molecular flexibility index (Phi) is 5.21. The molecule has 5 rings (SSSR count). The topological polar surface area (TPSA) is 115 Å². The molecule has 4 aromatic heterocycles. The Bertz CT molecular complexity index is 1190. The Labute approximate surface area is 179 Å². The van der Waals surface area contributed by atoms with Crippen LogP contribution in [-0.2, 0) is 0 Å². The number of aliphatic hydroxyl groups excluding tert-OH is 1. The molecule has 0 aliphatic carbocycles. The number of rotatable bonds is 6. The molecule has 31 heavy (non-hydrogen) atoms. The molecule has 0 aromatic carbocycles. The number of aliphatic hydroxyl groups is 1. The Morgan fingerprint density at radius 1 is 1.26 bits per heavy atom. The lowest BCUT2D eigenvalue weighted by molar-refractivity contribution is 0.203. The summed E-state index contributed by atoms with van der Waals surface area (Å²) in [5.74, 6) is 2.43. The monoisotopic (exact) mass is 422 g/mol. The molecule has 5 heterocycles. The van der Waals surface area contributed by atoms with Gasteiger partial charge in [0, 0.05) is 38.0 Å². The van der Waals surface area contributed by atoms with E-state index in [1.165, 1.54) is 0 Å². The first-order valence-corrected chi connectivity index (χ1v) is 10.6. The first kappa shape index (κ1) is 19.8. The number of hydrogen-bond donors (Lipinski definition) is 2. The van der Waals surface area contributed by atoms with Gasteiger partial charge in [-0.2, -0.15) is 0 Å². The predicted octanol–water partition coefficient (Wildman–Crippen LogP) is 2.47. The van der Waals surface area contributed by atoms with Crippen LogP contribution in [0.5, 0.6) is 5.88 Å². The third-order valence-electron chi connectivity index (χ3n) is 5.68. The van der Waals surface area contributed by atoms with E-state index >= 15 is 0 Å². The highest BCUT2D eigenvalue weighted by molar-refractivity contribution is 5.92. The van der Waals surface area contributed by atoms with Gasteiger partial charge in [-0.15, -0.1) is 5.10 Å². The lowest BCUT2D eigenvalue weighted by Gasteiger charge is -2.32. The number of aromatic nitrogens is 4. The van der Waals surface area contributed by atoms with Crippen molar-refractivity contribution >= 4 is 22.4 Å². The summed E-state index contributed by atoms with van der Waals surface area (Å²) in [4.78, 5) is 11.3. The minimum absolute atomic E-state index is 0.0801. The average Bonchev–Trinajstić information content (AvgIpc) is 3.41. The number of imidazole rings is 1. The summed E-state index contributed by atoms with van der Waals surface area (Å²) in [5.41, 5.74) is 7.99. The number of ether oxygens (including phenoxy) is 1. The molecule has 0 bridgehead atoms. The summed E-state index contributed by atoms with van der Waals surface area (Å²) < 4.78 is 13.5. The van der Waals surface area contributed by atoms with Crippen LogP contribution in [0.4, 0.5) is 5.82 Å². The molecule has 9 heteroatoms. The Balaban J connectivity index is 1.49. The molecule has 9 nitrogen and oxygen atoms in total. The molecular weight excluding hydrogens is 396 g/mol. The number of hydrogen-bond acceptors (Lipinski definition) is 8. The van der Waals surface area contributed by atoms with Crippen molar-refractivity contribution in [1.82, 2.24) is 19.6 Å². The maximum absolute atomic E-state index is 9.42. The number of furan rings is 1. The molecule has 1 saturated heterocycles. The van der Waals surface area contributed by atoms with Crippen molar-refractivity contribution in [1.29, 1.82) is 0 Å². The fourth-order valence-electron chi connectivity index (χ4n) is 3.97. The van der Waals surface area contributed by atoms with Crippen molar-refractivity contribution in [3.8, 4) is 17.3 Å². The minimum Gasteiger partial charge on any atom is -0.475 e. The van der Waals surface area contributed by atoms with E-state index in [0.717, 1.165) is 48.4 Å². The molecule has 0 spiro atoms. The van der Waals surface area contributed by atoms with Gasteiger partial charge in [-0.1, -0.05) is 0 Å². The van der Waals surface area contributed by atoms with E-state index in [-0.39, 0.29) is 12.6 Å². The molecule has 1 aliphatic heterocycles. The first-order valence-electron chi connectivity index (χ1n) is 10.6. The van der Waals surface area contributed by atoms with E-state index in [0.29, 0.717) is 29.8 Å². The highest BCUT2D eigenvalue weighted by atomic mass is 16.5. The largest absolute Gasteiger partial charge is 0.475 e. The summed E-state index contributed by atoms with van der Waals surface area (Å²) in [5, 5.41) is 14.9. The van der Waals surface area contributed by atoms with Crippen molar-refractivity contribution in [2.45, 2.75) is 25.8 Å². The van der Waals surface area contributed by atoms with Gasteiger partial charge in [-0.3, -0.25) is 0 Å². The average molecular weight is 422 g/mol. The van der Waals surface area contributed by atoms with Crippen LogP contribution in [-0.4, -0.2) is 57.0 Å². The van der Waals surface area contributed by atoms with Gasteiger partial charge in [0.25, 0.3) is 0 Å². The van der Waals surface area contributed by atoms with Crippen LogP contribution in [0.1, 0.15) is 19.8 Å². The van der Waals surface area contributed by atoms with Crippen molar-refractivity contribution in [3.63, 3.8) is 0 Å². The lowest BCUT2D eigenvalue weighted by atomic mass is 9.98. The van der Waals surface area contributed by atoms with Crippen molar-refractivity contribution in [3.05, 3.63) is 36.7 Å². The molecule has 1 atom stereocenters. The predicted molar refractivity (Wildman–Crippen MR) is 117 cm³/mol. The first-order chi connectivity index (χ1) is 15.1.